The van der Waals surface area contributed by atoms with Gasteiger partial charge >= 0.3 is 11.9 Å². The summed E-state index contributed by atoms with van der Waals surface area (Å²) in [5.74, 6) is -2.18. The number of hydrogen-bond donors (Lipinski definition) is 3. The van der Waals surface area contributed by atoms with Gasteiger partial charge < -0.3 is 39.4 Å². The number of nitrogens with zero attached hydrogens (tertiary/aromatic N) is 1. The van der Waals surface area contributed by atoms with Crippen LogP contribution in [0.25, 0.3) is 6.08 Å². The van der Waals surface area contributed by atoms with Gasteiger partial charge in [0.05, 0.1) is 31.4 Å². The first-order chi connectivity index (χ1) is 29.3. The van der Waals surface area contributed by atoms with Crippen molar-refractivity contribution in [2.24, 2.45) is 11.3 Å². The minimum atomic E-state index is -1.38. The molecule has 14 heteroatoms. The lowest BCUT2D eigenvalue weighted by molar-refractivity contribution is -0.224. The molecule has 2 saturated carbocycles. The van der Waals surface area contributed by atoms with Crippen molar-refractivity contribution in [3.05, 3.63) is 41.5 Å². The van der Waals surface area contributed by atoms with Crippen molar-refractivity contribution < 1.29 is 52.8 Å². The molecular formula is C47H69N3O11. The topological polar surface area (TPSA) is 174 Å². The number of aliphatic hydroxyl groups excluding tert-OH is 1. The number of rotatable bonds is 21. The van der Waals surface area contributed by atoms with E-state index in [1.54, 1.807) is 25.8 Å². The van der Waals surface area contributed by atoms with Crippen molar-refractivity contribution >= 4 is 29.8 Å². The molecule has 1 aromatic carbocycles. The summed E-state index contributed by atoms with van der Waals surface area (Å²) in [6.45, 7) is 9.50. The third kappa shape index (κ3) is 10.7. The molecule has 0 aromatic heterocycles. The second kappa shape index (κ2) is 19.6. The quantitative estimate of drug-likeness (QED) is 0.0771. The third-order valence-electron chi connectivity index (χ3n) is 13.2. The standard InChI is InChI=1S/C47H69N3O11/c1-6-8-10-22-46(23-11-9-7-2)59-39-36-27-47(44(55)48-24-21-37(52)49-33(29-51)18-20-38(53)58-45(3,4)5)41(43(54)57-36)50(61-42(47)40(39)60-46)28-32-14-12-13-30(25-32)15-16-31-17-19-34-35(26-31)56-34/h12-16,25,31,33-36,39-42,51H,6-11,17-24,26-29H2,1-5H3,(H,48,55)(H,49,52)/t31?,33-,34?,35?,36?,39-,40-,41-,42+,47?/m0/s1. The van der Waals surface area contributed by atoms with Gasteiger partial charge in [0.25, 0.3) is 0 Å². The number of hydroxylamine groups is 2. The summed E-state index contributed by atoms with van der Waals surface area (Å²) in [4.78, 5) is 61.2. The van der Waals surface area contributed by atoms with Crippen LogP contribution in [0, 0.1) is 11.3 Å². The number of fused-ring (bicyclic) bond motifs is 5. The average molecular weight is 852 g/mol. The molecule has 6 fully saturated rings. The smallest absolute Gasteiger partial charge is 0.327 e. The molecule has 2 aliphatic carbocycles. The molecule has 0 radical (unpaired) electrons. The predicted molar refractivity (Wildman–Crippen MR) is 225 cm³/mol. The average Bonchev–Trinajstić information content (AvgIpc) is 3.76. The molecule has 61 heavy (non-hydrogen) atoms. The summed E-state index contributed by atoms with van der Waals surface area (Å²) in [7, 11) is 0. The van der Waals surface area contributed by atoms with Gasteiger partial charge in [0.2, 0.25) is 11.8 Å². The monoisotopic (exact) mass is 851 g/mol. The van der Waals surface area contributed by atoms with Gasteiger partial charge in [-0.3, -0.25) is 24.0 Å². The molecule has 4 saturated heterocycles. The highest BCUT2D eigenvalue weighted by Crippen LogP contribution is 2.58. The fourth-order valence-corrected chi connectivity index (χ4v) is 10.2. The minimum absolute atomic E-state index is 0.0257. The SMILES string of the molecule is CCCCCC1(CCCCC)O[C@@H]2[C@H]3ON(Cc4cccc(C=CC5CCC6OC6C5)c4)[C@H]4C(=O)OC(CC34C(=O)NCCC(=O)N[C@H](CO)CCC(=O)OC(C)(C)C)[C@@H]2O1. The predicted octanol–water partition coefficient (Wildman–Crippen LogP) is 5.81. The zero-order valence-electron chi connectivity index (χ0n) is 36.9. The van der Waals surface area contributed by atoms with E-state index in [9.17, 15) is 24.3 Å². The van der Waals surface area contributed by atoms with Crippen molar-refractivity contribution in [3.63, 3.8) is 0 Å². The van der Waals surface area contributed by atoms with Crippen LogP contribution in [0.15, 0.2) is 30.3 Å². The largest absolute Gasteiger partial charge is 0.460 e. The molecule has 338 valence electrons. The fraction of sp³-hybridized carbons (Fsp3) is 0.745. The number of aliphatic hydroxyl groups is 1. The Labute approximate surface area is 361 Å². The van der Waals surface area contributed by atoms with Gasteiger partial charge in [0.15, 0.2) is 11.8 Å². The number of carbonyl (C=O) groups is 4. The highest BCUT2D eigenvalue weighted by molar-refractivity contribution is 5.94. The van der Waals surface area contributed by atoms with Crippen LogP contribution >= 0.6 is 0 Å². The molecule has 10 atom stereocenters. The van der Waals surface area contributed by atoms with Gasteiger partial charge in [-0.2, -0.15) is 5.06 Å². The Bertz CT molecular complexity index is 1740. The van der Waals surface area contributed by atoms with Crippen LogP contribution in [0.4, 0.5) is 0 Å². The molecule has 4 aliphatic heterocycles. The van der Waals surface area contributed by atoms with E-state index in [1.165, 1.54) is 0 Å². The summed E-state index contributed by atoms with van der Waals surface area (Å²) in [6, 6.07) is 6.40. The lowest BCUT2D eigenvalue weighted by Crippen LogP contribution is -2.69. The van der Waals surface area contributed by atoms with Crippen molar-refractivity contribution in [1.82, 2.24) is 15.7 Å². The number of hydrogen-bond acceptors (Lipinski definition) is 12. The van der Waals surface area contributed by atoms with E-state index in [0.29, 0.717) is 31.0 Å². The van der Waals surface area contributed by atoms with Gasteiger partial charge in [0, 0.05) is 38.6 Å². The third-order valence-corrected chi connectivity index (χ3v) is 13.2. The van der Waals surface area contributed by atoms with E-state index in [0.717, 1.165) is 68.9 Å². The molecule has 2 amide bonds. The highest BCUT2D eigenvalue weighted by atomic mass is 16.8. The first kappa shape index (κ1) is 45.6. The summed E-state index contributed by atoms with van der Waals surface area (Å²) in [5.41, 5.74) is -0.0726. The summed E-state index contributed by atoms with van der Waals surface area (Å²) < 4.78 is 31.2. The molecular weight excluding hydrogens is 783 g/mol. The highest BCUT2D eigenvalue weighted by Gasteiger charge is 2.76. The molecule has 4 heterocycles. The molecule has 3 N–H and O–H groups in total. The molecule has 0 spiro atoms. The Kier molecular flexibility index (Phi) is 14.6. The Morgan fingerprint density at radius 2 is 1.75 bits per heavy atom. The number of unbranched alkanes of at least 4 members (excludes halogenated alkanes) is 4. The number of ether oxygens (including phenoxy) is 5. The van der Waals surface area contributed by atoms with E-state index in [2.05, 4.69) is 48.8 Å². The second-order valence-electron chi connectivity index (χ2n) is 19.2. The van der Waals surface area contributed by atoms with Crippen LogP contribution in [-0.2, 0) is 54.2 Å². The van der Waals surface area contributed by atoms with Gasteiger partial charge in [-0.15, -0.1) is 0 Å². The lowest BCUT2D eigenvalue weighted by Gasteiger charge is -2.48. The van der Waals surface area contributed by atoms with E-state index in [1.807, 2.05) is 12.1 Å². The van der Waals surface area contributed by atoms with Gasteiger partial charge in [-0.05, 0) is 76.3 Å². The maximum atomic E-state index is 14.8. The van der Waals surface area contributed by atoms with E-state index in [4.69, 9.17) is 28.5 Å². The zero-order chi connectivity index (χ0) is 43.4. The van der Waals surface area contributed by atoms with Crippen LogP contribution in [0.2, 0.25) is 0 Å². The number of epoxide rings is 1. The number of nitrogens with one attached hydrogen (secondary N) is 2. The first-order valence-electron chi connectivity index (χ1n) is 23.1. The number of carbonyl (C=O) groups excluding carboxylic acids is 4. The van der Waals surface area contributed by atoms with Crippen LogP contribution in [-0.4, -0.2) is 107 Å². The Balaban J connectivity index is 1.08. The van der Waals surface area contributed by atoms with Crippen molar-refractivity contribution in [2.45, 2.75) is 198 Å². The van der Waals surface area contributed by atoms with Gasteiger partial charge in [0.1, 0.15) is 35.4 Å². The molecule has 7 rings (SSSR count). The molecule has 5 unspecified atom stereocenters. The zero-order valence-corrected chi connectivity index (χ0v) is 36.9. The molecule has 2 bridgehead atoms. The van der Waals surface area contributed by atoms with Crippen molar-refractivity contribution in [1.29, 1.82) is 0 Å². The number of benzene rings is 1. The maximum Gasteiger partial charge on any atom is 0.327 e. The summed E-state index contributed by atoms with van der Waals surface area (Å²) in [5, 5.41) is 17.3. The lowest BCUT2D eigenvalue weighted by atomic mass is 9.62. The molecule has 1 aromatic rings. The van der Waals surface area contributed by atoms with E-state index in [-0.39, 0.29) is 45.4 Å². The fourth-order valence-electron chi connectivity index (χ4n) is 10.2. The van der Waals surface area contributed by atoms with Crippen LogP contribution in [0.3, 0.4) is 0 Å². The molecule has 6 aliphatic rings. The van der Waals surface area contributed by atoms with E-state index < -0.39 is 77.1 Å². The Morgan fingerprint density at radius 1 is 1.00 bits per heavy atom. The molecule has 14 nitrogen and oxygen atoms in total. The maximum absolute atomic E-state index is 14.8. The van der Waals surface area contributed by atoms with Crippen molar-refractivity contribution in [3.8, 4) is 0 Å². The normalized spacial score (nSPS) is 31.5. The van der Waals surface area contributed by atoms with E-state index >= 15 is 0 Å². The van der Waals surface area contributed by atoms with Gasteiger partial charge in [-0.25, -0.2) is 0 Å². The van der Waals surface area contributed by atoms with Gasteiger partial charge in [-0.1, -0.05) is 75.9 Å². The Morgan fingerprint density at radius 3 is 2.46 bits per heavy atom. The number of allylic oxidation sites excluding steroid dienone is 1. The Hall–Kier alpha value is -3.40. The second-order valence-corrected chi connectivity index (χ2v) is 19.2. The van der Waals surface area contributed by atoms with Crippen LogP contribution < -0.4 is 10.6 Å². The summed E-state index contributed by atoms with van der Waals surface area (Å²) in [6.07, 6.45) is 13.4. The number of amides is 2. The minimum Gasteiger partial charge on any atom is -0.460 e. The van der Waals surface area contributed by atoms with Crippen molar-refractivity contribution in [2.75, 3.05) is 13.2 Å². The first-order valence-corrected chi connectivity index (χ1v) is 23.1. The summed E-state index contributed by atoms with van der Waals surface area (Å²) >= 11 is 0. The number of esters is 2. The van der Waals surface area contributed by atoms with Crippen LogP contribution in [0.5, 0.6) is 0 Å². The van der Waals surface area contributed by atoms with Crippen LogP contribution in [0.1, 0.15) is 142 Å².